The minimum absolute atomic E-state index is 0.265. The molecule has 5 nitrogen and oxygen atoms in total. The molecule has 30 heavy (non-hydrogen) atoms. The molecule has 4 rings (SSSR count). The standard InChI is InChI=1S/C23H24N2O3S2/c1-15-10-11-20(16(2)12-15)23-25-21(14-29-23)22(26)24-17-6-5-9-19(13-17)30(27,28)18-7-3-4-8-18/h5-6,9-14,18H,3-4,7-8H2,1-2H3,(H,24,26). The first kappa shape index (κ1) is 20.8. The quantitative estimate of drug-likeness (QED) is 0.577. The first-order valence-electron chi connectivity index (χ1n) is 10.0. The summed E-state index contributed by atoms with van der Waals surface area (Å²) in [5.74, 6) is -0.349. The molecule has 1 aliphatic rings. The lowest BCUT2D eigenvalue weighted by atomic mass is 10.1. The third kappa shape index (κ3) is 4.18. The number of anilines is 1. The maximum atomic E-state index is 12.8. The van der Waals surface area contributed by atoms with E-state index >= 15 is 0 Å². The largest absolute Gasteiger partial charge is 0.321 e. The molecule has 0 unspecified atom stereocenters. The molecule has 0 spiro atoms. The van der Waals surface area contributed by atoms with Crippen LogP contribution in [0.15, 0.2) is 52.7 Å². The summed E-state index contributed by atoms with van der Waals surface area (Å²) in [6.45, 7) is 4.07. The number of carbonyl (C=O) groups is 1. The summed E-state index contributed by atoms with van der Waals surface area (Å²) in [6, 6.07) is 12.6. The Morgan fingerprint density at radius 2 is 1.87 bits per heavy atom. The molecule has 3 aromatic rings. The summed E-state index contributed by atoms with van der Waals surface area (Å²) in [6.07, 6.45) is 3.32. The fraction of sp³-hybridized carbons (Fsp3) is 0.304. The molecule has 1 aromatic heterocycles. The van der Waals surface area contributed by atoms with E-state index in [0.717, 1.165) is 29.0 Å². The van der Waals surface area contributed by atoms with Crippen molar-refractivity contribution in [1.82, 2.24) is 4.98 Å². The number of aryl methyl sites for hydroxylation is 2. The number of thiazole rings is 1. The minimum Gasteiger partial charge on any atom is -0.321 e. The molecule has 7 heteroatoms. The van der Waals surface area contributed by atoms with Crippen molar-refractivity contribution in [2.45, 2.75) is 49.7 Å². The van der Waals surface area contributed by atoms with Crippen molar-refractivity contribution in [1.29, 1.82) is 0 Å². The summed E-state index contributed by atoms with van der Waals surface area (Å²) in [7, 11) is -3.37. The van der Waals surface area contributed by atoms with Crippen molar-refractivity contribution < 1.29 is 13.2 Å². The first-order chi connectivity index (χ1) is 14.3. The van der Waals surface area contributed by atoms with Crippen LogP contribution in [0.5, 0.6) is 0 Å². The molecule has 1 amide bonds. The van der Waals surface area contributed by atoms with E-state index in [-0.39, 0.29) is 16.1 Å². The fourth-order valence-corrected chi connectivity index (χ4v) is 6.68. The molecule has 0 aliphatic heterocycles. The number of aromatic nitrogens is 1. The van der Waals surface area contributed by atoms with Gasteiger partial charge in [-0.05, 0) is 50.5 Å². The highest BCUT2D eigenvalue weighted by Crippen LogP contribution is 2.31. The summed E-state index contributed by atoms with van der Waals surface area (Å²) < 4.78 is 25.7. The topological polar surface area (TPSA) is 76.1 Å². The van der Waals surface area contributed by atoms with Gasteiger partial charge in [-0.25, -0.2) is 13.4 Å². The van der Waals surface area contributed by atoms with Gasteiger partial charge in [0.05, 0.1) is 10.1 Å². The molecule has 0 atom stereocenters. The summed E-state index contributed by atoms with van der Waals surface area (Å²) in [5, 5.41) is 4.99. The van der Waals surface area contributed by atoms with E-state index < -0.39 is 9.84 Å². The van der Waals surface area contributed by atoms with Gasteiger partial charge in [0.15, 0.2) is 9.84 Å². The Balaban J connectivity index is 1.53. The second-order valence-electron chi connectivity index (χ2n) is 7.79. The number of sulfone groups is 1. The van der Waals surface area contributed by atoms with Crippen molar-refractivity contribution >= 4 is 32.8 Å². The van der Waals surface area contributed by atoms with Gasteiger partial charge in [0.25, 0.3) is 5.91 Å². The zero-order valence-corrected chi connectivity index (χ0v) is 18.6. The Labute approximate surface area is 181 Å². The van der Waals surface area contributed by atoms with Gasteiger partial charge in [-0.2, -0.15) is 0 Å². The Kier molecular flexibility index (Phi) is 5.75. The van der Waals surface area contributed by atoms with Crippen LogP contribution in [-0.4, -0.2) is 24.6 Å². The number of amides is 1. The van der Waals surface area contributed by atoms with Gasteiger partial charge in [0, 0.05) is 16.6 Å². The third-order valence-corrected chi connectivity index (χ3v) is 8.65. The number of rotatable bonds is 5. The molecule has 0 saturated heterocycles. The average molecular weight is 441 g/mol. The van der Waals surface area contributed by atoms with Gasteiger partial charge >= 0.3 is 0 Å². The molecule has 1 N–H and O–H groups in total. The van der Waals surface area contributed by atoms with Crippen molar-refractivity contribution in [3.8, 4) is 10.6 Å². The number of hydrogen-bond donors (Lipinski definition) is 1. The van der Waals surface area contributed by atoms with Crippen LogP contribution in [0.4, 0.5) is 5.69 Å². The van der Waals surface area contributed by atoms with Crippen LogP contribution < -0.4 is 5.32 Å². The first-order valence-corrected chi connectivity index (χ1v) is 12.5. The van der Waals surface area contributed by atoms with Crippen molar-refractivity contribution in [3.63, 3.8) is 0 Å². The van der Waals surface area contributed by atoms with E-state index in [2.05, 4.69) is 16.4 Å². The molecule has 1 aliphatic carbocycles. The maximum Gasteiger partial charge on any atom is 0.275 e. The van der Waals surface area contributed by atoms with Crippen LogP contribution >= 0.6 is 11.3 Å². The Morgan fingerprint density at radius 3 is 2.60 bits per heavy atom. The smallest absolute Gasteiger partial charge is 0.275 e. The van der Waals surface area contributed by atoms with Crippen LogP contribution in [0, 0.1) is 13.8 Å². The normalized spacial score (nSPS) is 14.7. The van der Waals surface area contributed by atoms with Crippen LogP contribution in [0.2, 0.25) is 0 Å². The lowest BCUT2D eigenvalue weighted by Crippen LogP contribution is -2.18. The lowest BCUT2D eigenvalue weighted by molar-refractivity contribution is 0.102. The van der Waals surface area contributed by atoms with E-state index in [4.69, 9.17) is 0 Å². The molecule has 2 aromatic carbocycles. The average Bonchev–Trinajstić information content (AvgIpc) is 3.41. The summed E-state index contributed by atoms with van der Waals surface area (Å²) >= 11 is 1.42. The second-order valence-corrected chi connectivity index (χ2v) is 10.9. The number of carbonyl (C=O) groups excluding carboxylic acids is 1. The second kappa shape index (κ2) is 8.32. The van der Waals surface area contributed by atoms with E-state index in [0.29, 0.717) is 24.2 Å². The zero-order valence-electron chi connectivity index (χ0n) is 17.0. The van der Waals surface area contributed by atoms with Gasteiger partial charge in [0.1, 0.15) is 10.7 Å². The van der Waals surface area contributed by atoms with Crippen molar-refractivity contribution in [3.05, 3.63) is 64.7 Å². The SMILES string of the molecule is Cc1ccc(-c2nc(C(=O)Nc3cccc(S(=O)(=O)C4CCCC4)c3)cs2)c(C)c1. The maximum absolute atomic E-state index is 12.8. The van der Waals surface area contributed by atoms with Gasteiger partial charge in [-0.1, -0.05) is 42.7 Å². The van der Waals surface area contributed by atoms with Gasteiger partial charge in [0.2, 0.25) is 0 Å². The van der Waals surface area contributed by atoms with Crippen molar-refractivity contribution in [2.75, 3.05) is 5.32 Å². The highest BCUT2D eigenvalue weighted by atomic mass is 32.2. The summed E-state index contributed by atoms with van der Waals surface area (Å²) in [5.41, 5.74) is 4.08. The fourth-order valence-electron chi connectivity index (χ4n) is 3.89. The third-order valence-electron chi connectivity index (χ3n) is 5.51. The van der Waals surface area contributed by atoms with Crippen LogP contribution in [-0.2, 0) is 9.84 Å². The monoisotopic (exact) mass is 440 g/mol. The van der Waals surface area contributed by atoms with E-state index in [1.807, 2.05) is 26.0 Å². The van der Waals surface area contributed by atoms with Crippen LogP contribution in [0.25, 0.3) is 10.6 Å². The van der Waals surface area contributed by atoms with Gasteiger partial charge in [-0.15, -0.1) is 11.3 Å². The number of nitrogens with one attached hydrogen (secondary N) is 1. The number of benzene rings is 2. The number of nitrogens with zero attached hydrogens (tertiary/aromatic N) is 1. The highest BCUT2D eigenvalue weighted by Gasteiger charge is 2.30. The lowest BCUT2D eigenvalue weighted by Gasteiger charge is -2.12. The van der Waals surface area contributed by atoms with Crippen LogP contribution in [0.3, 0.4) is 0 Å². The number of hydrogen-bond acceptors (Lipinski definition) is 5. The Morgan fingerprint density at radius 1 is 1.10 bits per heavy atom. The molecule has 1 heterocycles. The minimum atomic E-state index is -3.37. The highest BCUT2D eigenvalue weighted by molar-refractivity contribution is 7.92. The Bertz CT molecular complexity index is 1190. The van der Waals surface area contributed by atoms with E-state index in [9.17, 15) is 13.2 Å². The predicted octanol–water partition coefficient (Wildman–Crippen LogP) is 5.40. The molecule has 1 saturated carbocycles. The summed E-state index contributed by atoms with van der Waals surface area (Å²) in [4.78, 5) is 17.5. The molecule has 0 bridgehead atoms. The van der Waals surface area contributed by atoms with Crippen molar-refractivity contribution in [2.24, 2.45) is 0 Å². The predicted molar refractivity (Wildman–Crippen MR) is 121 cm³/mol. The molecular weight excluding hydrogens is 416 g/mol. The molecule has 1 fully saturated rings. The zero-order chi connectivity index (χ0) is 21.3. The van der Waals surface area contributed by atoms with E-state index in [1.165, 1.54) is 16.9 Å². The Hall–Kier alpha value is -2.51. The van der Waals surface area contributed by atoms with Gasteiger partial charge in [-0.3, -0.25) is 4.79 Å². The van der Waals surface area contributed by atoms with Crippen LogP contribution in [0.1, 0.15) is 47.3 Å². The van der Waals surface area contributed by atoms with E-state index in [1.54, 1.807) is 29.6 Å². The molecule has 156 valence electrons. The molecular formula is C23H24N2O3S2. The molecule has 0 radical (unpaired) electrons. The van der Waals surface area contributed by atoms with Gasteiger partial charge < -0.3 is 5.32 Å².